The average molecular weight is 499 g/mol. The van der Waals surface area contributed by atoms with Crippen LogP contribution in [-0.4, -0.2) is 21.8 Å². The first-order valence-electron chi connectivity index (χ1n) is 7.29. The fraction of sp³-hybridized carbons (Fsp3) is 0. The quantitative estimate of drug-likeness (QED) is 0.479. The van der Waals surface area contributed by atoms with Crippen molar-refractivity contribution in [3.8, 4) is 0 Å². The van der Waals surface area contributed by atoms with Crippen molar-refractivity contribution in [2.45, 2.75) is 9.10 Å². The van der Waals surface area contributed by atoms with E-state index in [1.807, 2.05) is 0 Å². The van der Waals surface area contributed by atoms with Gasteiger partial charge in [-0.25, -0.2) is 21.8 Å². The summed E-state index contributed by atoms with van der Waals surface area (Å²) in [7, 11) is -8.14. The minimum Gasteiger partial charge on any atom is -0.277 e. The fourth-order valence-corrected chi connectivity index (χ4v) is 6.01. The molecule has 0 aliphatic heterocycles. The van der Waals surface area contributed by atoms with E-state index in [-0.39, 0.29) is 35.7 Å². The molecule has 0 unspecified atom stereocenters. The highest BCUT2D eigenvalue weighted by Crippen LogP contribution is 2.36. The SMILES string of the molecule is O=S(=O)(Nc1cc(Cl)c(Cl)cc1NS(=O)(=O)c1cccnc1Cl)c1cccs1. The summed E-state index contributed by atoms with van der Waals surface area (Å²) in [4.78, 5) is 3.44. The zero-order valence-electron chi connectivity index (χ0n) is 13.6. The molecule has 0 fully saturated rings. The summed E-state index contributed by atoms with van der Waals surface area (Å²) in [5, 5.41) is 1.41. The van der Waals surface area contributed by atoms with Gasteiger partial charge in [0.1, 0.15) is 14.3 Å². The van der Waals surface area contributed by atoms with Crippen LogP contribution < -0.4 is 9.44 Å². The third kappa shape index (κ3) is 4.53. The number of hydrogen-bond donors (Lipinski definition) is 2. The maximum atomic E-state index is 12.7. The number of rotatable bonds is 6. The monoisotopic (exact) mass is 497 g/mol. The molecule has 148 valence electrons. The van der Waals surface area contributed by atoms with E-state index in [4.69, 9.17) is 34.8 Å². The number of thiophene rings is 1. The molecule has 3 aromatic rings. The van der Waals surface area contributed by atoms with Crippen molar-refractivity contribution >= 4 is 77.6 Å². The van der Waals surface area contributed by atoms with Gasteiger partial charge >= 0.3 is 0 Å². The number of halogens is 3. The van der Waals surface area contributed by atoms with Crippen molar-refractivity contribution in [3.63, 3.8) is 0 Å². The average Bonchev–Trinajstić information content (AvgIpc) is 3.15. The highest BCUT2D eigenvalue weighted by molar-refractivity contribution is 7.94. The Kier molecular flexibility index (Phi) is 6.08. The summed E-state index contributed by atoms with van der Waals surface area (Å²) < 4.78 is 55.0. The summed E-state index contributed by atoms with van der Waals surface area (Å²) in [6, 6.07) is 8.03. The van der Waals surface area contributed by atoms with Crippen LogP contribution in [0.1, 0.15) is 0 Å². The third-order valence-electron chi connectivity index (χ3n) is 3.32. The predicted octanol–water partition coefficient (Wildman–Crippen LogP) is 4.70. The molecule has 1 aromatic carbocycles. The van der Waals surface area contributed by atoms with Crippen molar-refractivity contribution in [1.29, 1.82) is 0 Å². The third-order valence-corrected chi connectivity index (χ3v) is 8.62. The molecular formula is C15H10Cl3N3O4S3. The van der Waals surface area contributed by atoms with Gasteiger partial charge in [0.05, 0.1) is 21.4 Å². The van der Waals surface area contributed by atoms with Crippen molar-refractivity contribution in [3.05, 3.63) is 63.2 Å². The highest BCUT2D eigenvalue weighted by Gasteiger charge is 2.23. The molecule has 0 saturated heterocycles. The van der Waals surface area contributed by atoms with Crippen LogP contribution in [0.3, 0.4) is 0 Å². The lowest BCUT2D eigenvalue weighted by Crippen LogP contribution is -2.17. The second kappa shape index (κ2) is 8.05. The molecule has 0 saturated carbocycles. The number of aromatic nitrogens is 1. The number of hydrogen-bond acceptors (Lipinski definition) is 6. The molecule has 0 radical (unpaired) electrons. The van der Waals surface area contributed by atoms with Crippen LogP contribution in [0.4, 0.5) is 11.4 Å². The first kappa shape index (κ1) is 21.2. The van der Waals surface area contributed by atoms with Gasteiger partial charge in [-0.15, -0.1) is 11.3 Å². The number of anilines is 2. The minimum absolute atomic E-state index is 0.0238. The van der Waals surface area contributed by atoms with Crippen LogP contribution in [0.25, 0.3) is 0 Å². The number of nitrogens with one attached hydrogen (secondary N) is 2. The van der Waals surface area contributed by atoms with Crippen LogP contribution in [0.5, 0.6) is 0 Å². The van der Waals surface area contributed by atoms with E-state index in [1.54, 1.807) is 11.4 Å². The van der Waals surface area contributed by atoms with Gasteiger partial charge in [0.2, 0.25) is 0 Å². The zero-order chi connectivity index (χ0) is 20.5. The van der Waals surface area contributed by atoms with Crippen LogP contribution in [0, 0.1) is 0 Å². The lowest BCUT2D eigenvalue weighted by molar-refractivity contribution is 0.599. The molecule has 13 heteroatoms. The van der Waals surface area contributed by atoms with Crippen molar-refractivity contribution in [2.75, 3.05) is 9.44 Å². The Bertz CT molecular complexity index is 1230. The Hall–Kier alpha value is -1.56. The molecule has 0 aliphatic carbocycles. The van der Waals surface area contributed by atoms with E-state index >= 15 is 0 Å². The van der Waals surface area contributed by atoms with Crippen LogP contribution in [0.2, 0.25) is 15.2 Å². The molecule has 28 heavy (non-hydrogen) atoms. The first-order valence-corrected chi connectivity index (χ1v) is 12.3. The van der Waals surface area contributed by atoms with Gasteiger partial charge in [-0.05, 0) is 35.7 Å². The lowest BCUT2D eigenvalue weighted by Gasteiger charge is -2.15. The van der Waals surface area contributed by atoms with Gasteiger partial charge in [0.25, 0.3) is 20.0 Å². The van der Waals surface area contributed by atoms with Gasteiger partial charge < -0.3 is 0 Å². The molecule has 0 atom stereocenters. The number of pyridine rings is 1. The van der Waals surface area contributed by atoms with Crippen molar-refractivity contribution in [2.24, 2.45) is 0 Å². The van der Waals surface area contributed by atoms with E-state index in [0.717, 1.165) is 11.3 Å². The van der Waals surface area contributed by atoms with E-state index in [2.05, 4.69) is 14.4 Å². The molecule has 2 aromatic heterocycles. The predicted molar refractivity (Wildman–Crippen MR) is 112 cm³/mol. The van der Waals surface area contributed by atoms with Gasteiger partial charge in [0.15, 0.2) is 0 Å². The molecule has 2 heterocycles. The number of benzene rings is 1. The maximum absolute atomic E-state index is 12.7. The molecular weight excluding hydrogens is 489 g/mol. The standard InChI is InChI=1S/C15H10Cl3N3O4S3/c16-9-7-11(20-27(22,23)13-3-1-5-19-15(13)18)12(8-10(9)17)21-28(24,25)14-4-2-6-26-14/h1-8,20-21H. The Morgan fingerprint density at radius 1 is 0.857 bits per heavy atom. The highest BCUT2D eigenvalue weighted by atomic mass is 35.5. The summed E-state index contributed by atoms with van der Waals surface area (Å²) >= 11 is 18.8. The topological polar surface area (TPSA) is 105 Å². The van der Waals surface area contributed by atoms with Crippen LogP contribution >= 0.6 is 46.1 Å². The summed E-state index contributed by atoms with van der Waals surface area (Å²) in [6.07, 6.45) is 1.33. The summed E-state index contributed by atoms with van der Waals surface area (Å²) in [5.41, 5.74) is -0.235. The number of nitrogens with zero attached hydrogens (tertiary/aromatic N) is 1. The second-order valence-corrected chi connectivity index (χ2v) is 10.9. The molecule has 0 bridgehead atoms. The van der Waals surface area contributed by atoms with Crippen molar-refractivity contribution in [1.82, 2.24) is 4.98 Å². The Labute approximate surface area is 180 Å². The second-order valence-electron chi connectivity index (χ2n) is 5.25. The van der Waals surface area contributed by atoms with Crippen molar-refractivity contribution < 1.29 is 16.8 Å². The molecule has 0 spiro atoms. The summed E-state index contributed by atoms with van der Waals surface area (Å²) in [6.45, 7) is 0. The smallest absolute Gasteiger partial charge is 0.271 e. The number of sulfonamides is 2. The first-order chi connectivity index (χ1) is 13.1. The van der Waals surface area contributed by atoms with Gasteiger partial charge in [-0.1, -0.05) is 40.9 Å². The van der Waals surface area contributed by atoms with Crippen LogP contribution in [0.15, 0.2) is 57.1 Å². The van der Waals surface area contributed by atoms with Gasteiger partial charge in [-0.3, -0.25) is 9.44 Å². The molecule has 7 nitrogen and oxygen atoms in total. The largest absolute Gasteiger partial charge is 0.277 e. The van der Waals surface area contributed by atoms with Gasteiger partial charge in [-0.2, -0.15) is 0 Å². The fourth-order valence-electron chi connectivity index (χ4n) is 2.10. The molecule has 0 amide bonds. The van der Waals surface area contributed by atoms with E-state index < -0.39 is 20.0 Å². The summed E-state index contributed by atoms with van der Waals surface area (Å²) in [5.74, 6) is 0. The minimum atomic E-state index is -4.18. The molecule has 2 N–H and O–H groups in total. The van der Waals surface area contributed by atoms with Gasteiger partial charge in [0, 0.05) is 6.20 Å². The Balaban J connectivity index is 2.04. The zero-order valence-corrected chi connectivity index (χ0v) is 18.3. The Morgan fingerprint density at radius 3 is 2.00 bits per heavy atom. The lowest BCUT2D eigenvalue weighted by atomic mass is 10.3. The van der Waals surface area contributed by atoms with E-state index in [1.165, 1.54) is 36.5 Å². The maximum Gasteiger partial charge on any atom is 0.271 e. The van der Waals surface area contributed by atoms with Crippen LogP contribution in [-0.2, 0) is 20.0 Å². The van der Waals surface area contributed by atoms with E-state index in [9.17, 15) is 16.8 Å². The Morgan fingerprint density at radius 2 is 1.46 bits per heavy atom. The molecule has 3 rings (SSSR count). The molecule has 0 aliphatic rings. The normalized spacial score (nSPS) is 12.0. The van der Waals surface area contributed by atoms with E-state index in [0.29, 0.717) is 0 Å².